The van der Waals surface area contributed by atoms with Crippen LogP contribution in [-0.4, -0.2) is 96.6 Å². The van der Waals surface area contributed by atoms with Crippen molar-refractivity contribution >= 4 is 25.4 Å². The van der Waals surface area contributed by atoms with Crippen LogP contribution in [0.4, 0.5) is 0 Å². The van der Waals surface area contributed by atoms with Gasteiger partial charge in [-0.2, -0.15) is 0 Å². The number of rotatable bonds is 23. The monoisotopic (exact) mass is 988 g/mol. The van der Waals surface area contributed by atoms with E-state index in [9.17, 15) is 4.79 Å². The van der Waals surface area contributed by atoms with Gasteiger partial charge in [-0.15, -0.1) is 0 Å². The van der Waals surface area contributed by atoms with Crippen LogP contribution in [0.25, 0.3) is 0 Å². The predicted molar refractivity (Wildman–Crippen MR) is 258 cm³/mol. The van der Waals surface area contributed by atoms with E-state index in [0.29, 0.717) is 19.8 Å². The molecule has 0 N–H and O–H groups in total. The fourth-order valence-electron chi connectivity index (χ4n) is 8.35. The third-order valence-electron chi connectivity index (χ3n) is 11.7. The van der Waals surface area contributed by atoms with Crippen molar-refractivity contribution in [1.29, 1.82) is 0 Å². The van der Waals surface area contributed by atoms with Crippen LogP contribution in [0.3, 0.4) is 0 Å². The van der Waals surface area contributed by atoms with E-state index in [2.05, 4.69) is 24.3 Å². The number of hydrogen-bond acceptors (Lipinski definition) is 11. The zero-order chi connectivity index (χ0) is 46.8. The van der Waals surface area contributed by atoms with E-state index in [0.717, 1.165) is 32.3 Å². The first-order valence-electron chi connectivity index (χ1n) is 23.1. The number of benzene rings is 6. The molecule has 0 aromatic heterocycles. The molecule has 2 aliphatic rings. The number of carbonyl (C=O) groups is 1. The second kappa shape index (κ2) is 26.1. The van der Waals surface area contributed by atoms with Gasteiger partial charge in [-0.3, -0.25) is 0 Å². The third-order valence-corrected chi connectivity index (χ3v) is 14.4. The first kappa shape index (κ1) is 49.4. The molecule has 0 aliphatic carbocycles. The van der Waals surface area contributed by atoms with Crippen LogP contribution in [0.1, 0.15) is 34.7 Å². The fraction of sp³-hybridized carbons (Fsp3) is 0.339. The maximum atomic E-state index is 13.0. The zero-order valence-electron chi connectivity index (χ0n) is 38.4. The number of carbonyl (C=O) groups excluding carboxylic acids is 1. The molecule has 0 spiro atoms. The Morgan fingerprint density at radius 2 is 0.838 bits per heavy atom. The van der Waals surface area contributed by atoms with E-state index >= 15 is 0 Å². The Bertz CT molecular complexity index is 2330. The van der Waals surface area contributed by atoms with E-state index in [1.165, 1.54) is 6.92 Å². The van der Waals surface area contributed by atoms with Crippen molar-refractivity contribution < 1.29 is 52.2 Å². The molecule has 6 aromatic carbocycles. The zero-order valence-corrected chi connectivity index (χ0v) is 40.2. The van der Waals surface area contributed by atoms with Crippen molar-refractivity contribution in [3.8, 4) is 0 Å². The molecule has 2 fully saturated rings. The summed E-state index contributed by atoms with van der Waals surface area (Å²) in [6, 6.07) is 60.2. The standard InChI is InChI=1S/C56H60O11Se/c1-40(57)65-50-48(66-55(58-2)53(63-37-45-29-17-7-18-30-45)51(50)61-35-43-25-13-5-14-26-43)39-64-56-54(68-46-31-19-8-20-32-46)52(62-36-44-27-15-6-16-28-44)49(60-34-42-23-11-4-12-24-42)47(67-56)38-59-33-41-21-9-3-10-22-41/h3-32,47-56H,33-39H2,1-2H3/t47?,48?,49-,50-,51?,52?,53?,54?,55+,56+/m1/s1. The summed E-state index contributed by atoms with van der Waals surface area (Å²) in [5, 5.41) is 0. The van der Waals surface area contributed by atoms with Gasteiger partial charge in [-0.05, 0) is 0 Å². The van der Waals surface area contributed by atoms with Crippen molar-refractivity contribution in [1.82, 2.24) is 0 Å². The van der Waals surface area contributed by atoms with Gasteiger partial charge in [0, 0.05) is 0 Å². The molecule has 0 saturated carbocycles. The summed E-state index contributed by atoms with van der Waals surface area (Å²) in [7, 11) is 1.56. The SMILES string of the molecule is CO[C@H]1OC(CO[C@H]2OC(COCc3ccccc3)[C@@H](OCc3ccccc3)C(OCc3ccccc3)C2[Se]c2ccccc2)[C@@H](OC(C)=O)C(OCc2ccccc2)C1OCc1ccccc1. The summed E-state index contributed by atoms with van der Waals surface area (Å²) in [6.45, 7) is 3.04. The van der Waals surface area contributed by atoms with Crippen LogP contribution in [0, 0.1) is 0 Å². The summed E-state index contributed by atoms with van der Waals surface area (Å²) in [4.78, 5) is 12.7. The average molecular weight is 988 g/mol. The molecule has 8 rings (SSSR count). The Morgan fingerprint density at radius 3 is 1.31 bits per heavy atom. The molecule has 68 heavy (non-hydrogen) atoms. The number of esters is 1. The van der Waals surface area contributed by atoms with Gasteiger partial charge in [-0.25, -0.2) is 0 Å². The maximum absolute atomic E-state index is 13.0. The van der Waals surface area contributed by atoms with Crippen LogP contribution in [0.5, 0.6) is 0 Å². The average Bonchev–Trinajstić information content (AvgIpc) is 3.38. The van der Waals surface area contributed by atoms with Crippen LogP contribution in [0.2, 0.25) is 4.82 Å². The number of hydrogen-bond donors (Lipinski definition) is 0. The van der Waals surface area contributed by atoms with Crippen LogP contribution in [-0.2, 0) is 85.2 Å². The Balaban J connectivity index is 1.12. The Kier molecular flexibility index (Phi) is 18.9. The number of methoxy groups -OCH3 is 1. The molecular weight excluding hydrogens is 928 g/mol. The van der Waals surface area contributed by atoms with Gasteiger partial charge < -0.3 is 0 Å². The topological polar surface area (TPSA) is 109 Å². The molecule has 2 aliphatic heterocycles. The Hall–Kier alpha value is -5.05. The van der Waals surface area contributed by atoms with Crippen LogP contribution < -0.4 is 4.46 Å². The normalized spacial score (nSPS) is 24.9. The molecule has 2 saturated heterocycles. The van der Waals surface area contributed by atoms with Crippen molar-refractivity contribution in [2.45, 2.75) is 100 Å². The quantitative estimate of drug-likeness (QED) is 0.0456. The van der Waals surface area contributed by atoms with E-state index in [1.807, 2.05) is 158 Å². The van der Waals surface area contributed by atoms with Gasteiger partial charge in [0.1, 0.15) is 0 Å². The van der Waals surface area contributed by atoms with E-state index < -0.39 is 61.3 Å². The summed E-state index contributed by atoms with van der Waals surface area (Å²) in [5.74, 6) is -0.503. The van der Waals surface area contributed by atoms with Crippen LogP contribution >= 0.6 is 0 Å². The molecular formula is C56H60O11Se. The molecule has 356 valence electrons. The first-order valence-corrected chi connectivity index (χ1v) is 24.9. The molecule has 6 unspecified atom stereocenters. The summed E-state index contributed by atoms with van der Waals surface area (Å²) < 4.78 is 67.8. The van der Waals surface area contributed by atoms with Crippen molar-refractivity contribution in [3.05, 3.63) is 210 Å². The molecule has 2 heterocycles. The van der Waals surface area contributed by atoms with Gasteiger partial charge in [0.25, 0.3) is 0 Å². The predicted octanol–water partition coefficient (Wildman–Crippen LogP) is 8.41. The number of ether oxygens (including phenoxy) is 10. The molecule has 0 bridgehead atoms. The summed E-state index contributed by atoms with van der Waals surface area (Å²) in [5.41, 5.74) is 4.98. The minimum atomic E-state index is -0.956. The third kappa shape index (κ3) is 14.3. The van der Waals surface area contributed by atoms with E-state index in [1.54, 1.807) is 7.11 Å². The van der Waals surface area contributed by atoms with Gasteiger partial charge in [0.05, 0.1) is 0 Å². The minimum Gasteiger partial charge on any atom is -0.0622 e. The molecule has 6 aromatic rings. The first-order chi connectivity index (χ1) is 33.5. The molecule has 11 nitrogen and oxygen atoms in total. The minimum absolute atomic E-state index is 0.0566. The Morgan fingerprint density at radius 1 is 0.441 bits per heavy atom. The van der Waals surface area contributed by atoms with E-state index in [4.69, 9.17) is 47.4 Å². The summed E-state index contributed by atoms with van der Waals surface area (Å²) in [6.07, 6.45) is -6.84. The molecule has 0 radical (unpaired) electrons. The van der Waals surface area contributed by atoms with E-state index in [-0.39, 0.29) is 46.2 Å². The Labute approximate surface area is 406 Å². The van der Waals surface area contributed by atoms with Gasteiger partial charge in [0.15, 0.2) is 0 Å². The van der Waals surface area contributed by atoms with Gasteiger partial charge >= 0.3 is 383 Å². The van der Waals surface area contributed by atoms with Crippen molar-refractivity contribution in [2.75, 3.05) is 20.3 Å². The fourth-order valence-corrected chi connectivity index (χ4v) is 11.0. The second-order valence-corrected chi connectivity index (χ2v) is 19.3. The molecule has 10 atom stereocenters. The van der Waals surface area contributed by atoms with Gasteiger partial charge in [0.2, 0.25) is 0 Å². The van der Waals surface area contributed by atoms with Crippen molar-refractivity contribution in [2.24, 2.45) is 0 Å². The molecule has 0 amide bonds. The smallest absolute Gasteiger partial charge is 0.0622 e. The second-order valence-electron chi connectivity index (χ2n) is 16.7. The molecule has 12 heteroatoms. The summed E-state index contributed by atoms with van der Waals surface area (Å²) >= 11 is -0.257. The van der Waals surface area contributed by atoms with Crippen molar-refractivity contribution in [3.63, 3.8) is 0 Å². The van der Waals surface area contributed by atoms with Crippen LogP contribution in [0.15, 0.2) is 182 Å². The van der Waals surface area contributed by atoms with Gasteiger partial charge in [-0.1, -0.05) is 24.3 Å².